The maximum atomic E-state index is 5.43. The number of anilines is 2. The highest BCUT2D eigenvalue weighted by Gasteiger charge is 2.16. The van der Waals surface area contributed by atoms with Crippen LogP contribution in [0.3, 0.4) is 0 Å². The summed E-state index contributed by atoms with van der Waals surface area (Å²) in [5.74, 6) is 2.13. The van der Waals surface area contributed by atoms with Crippen molar-refractivity contribution in [3.05, 3.63) is 65.9 Å². The minimum Gasteiger partial charge on any atom is -0.493 e. The summed E-state index contributed by atoms with van der Waals surface area (Å²) in [6.45, 7) is 4.13. The Morgan fingerprint density at radius 2 is 1.74 bits per heavy atom. The van der Waals surface area contributed by atoms with Crippen LogP contribution in [-0.2, 0) is 0 Å². The van der Waals surface area contributed by atoms with Crippen molar-refractivity contribution < 1.29 is 9.47 Å². The third-order valence-electron chi connectivity index (χ3n) is 5.52. The van der Waals surface area contributed by atoms with E-state index in [1.165, 1.54) is 10.1 Å². The first-order valence-corrected chi connectivity index (χ1v) is 10.7. The van der Waals surface area contributed by atoms with Gasteiger partial charge < -0.3 is 14.8 Å². The summed E-state index contributed by atoms with van der Waals surface area (Å²) < 4.78 is 14.0. The van der Waals surface area contributed by atoms with E-state index in [1.807, 2.05) is 28.9 Å². The highest BCUT2D eigenvalue weighted by atomic mass is 32.1. The van der Waals surface area contributed by atoms with Crippen LogP contribution in [-0.4, -0.2) is 28.8 Å². The van der Waals surface area contributed by atoms with Crippen molar-refractivity contribution in [1.29, 1.82) is 0 Å². The average Bonchev–Trinajstić information content (AvgIpc) is 3.41. The molecule has 0 aliphatic heterocycles. The zero-order valence-corrected chi connectivity index (χ0v) is 18.6. The van der Waals surface area contributed by atoms with Crippen LogP contribution >= 0.6 is 11.3 Å². The smallest absolute Gasteiger partial charge is 0.162 e. The molecular formula is C24H22N4O2S. The maximum absolute atomic E-state index is 5.43. The predicted octanol–water partition coefficient (Wildman–Crippen LogP) is 5.99. The number of rotatable bonds is 5. The number of aromatic nitrogens is 3. The maximum Gasteiger partial charge on any atom is 0.162 e. The second kappa shape index (κ2) is 7.59. The number of nitrogens with one attached hydrogen (secondary N) is 1. The summed E-state index contributed by atoms with van der Waals surface area (Å²) >= 11 is 1.75. The van der Waals surface area contributed by atoms with Crippen molar-refractivity contribution in [1.82, 2.24) is 14.6 Å². The highest BCUT2D eigenvalue weighted by Crippen LogP contribution is 2.35. The lowest BCUT2D eigenvalue weighted by molar-refractivity contribution is 0.355. The van der Waals surface area contributed by atoms with Gasteiger partial charge in [-0.15, -0.1) is 16.4 Å². The summed E-state index contributed by atoms with van der Waals surface area (Å²) in [6.07, 6.45) is 1.90. The second-order valence-electron chi connectivity index (χ2n) is 7.32. The van der Waals surface area contributed by atoms with Crippen molar-refractivity contribution in [2.75, 3.05) is 19.5 Å². The summed E-state index contributed by atoms with van der Waals surface area (Å²) in [5.41, 5.74) is 4.86. The van der Waals surface area contributed by atoms with Crippen LogP contribution < -0.4 is 14.8 Å². The molecule has 5 aromatic rings. The minimum atomic E-state index is 0.663. The standard InChI is InChI=1S/C24H22N4O2S/c1-14-15(2)24-25-13-18(22-11-16-7-5-6-8-21(16)31-22)28(24)27-23(14)26-17-9-10-19(29-3)20(12-17)30-4/h5-13H,1-4H3,(H,26,27). The number of fused-ring (bicyclic) bond motifs is 2. The molecule has 0 bridgehead atoms. The molecule has 3 heterocycles. The number of ether oxygens (including phenoxy) is 2. The molecule has 7 heteroatoms. The summed E-state index contributed by atoms with van der Waals surface area (Å²) in [6, 6.07) is 16.3. The van der Waals surface area contributed by atoms with Gasteiger partial charge in [-0.25, -0.2) is 9.50 Å². The van der Waals surface area contributed by atoms with Gasteiger partial charge in [0.15, 0.2) is 23.0 Å². The molecule has 31 heavy (non-hydrogen) atoms. The summed E-state index contributed by atoms with van der Waals surface area (Å²) in [4.78, 5) is 5.81. The van der Waals surface area contributed by atoms with Crippen LogP contribution in [0, 0.1) is 13.8 Å². The first-order valence-electron chi connectivity index (χ1n) is 9.92. The number of aryl methyl sites for hydroxylation is 1. The van der Waals surface area contributed by atoms with Gasteiger partial charge >= 0.3 is 0 Å². The van der Waals surface area contributed by atoms with Gasteiger partial charge in [0.2, 0.25) is 0 Å². The molecule has 0 atom stereocenters. The number of thiophene rings is 1. The molecule has 3 aromatic heterocycles. The Balaban J connectivity index is 1.61. The molecule has 0 spiro atoms. The monoisotopic (exact) mass is 430 g/mol. The summed E-state index contributed by atoms with van der Waals surface area (Å²) in [7, 11) is 3.26. The number of imidazole rings is 1. The van der Waals surface area contributed by atoms with Gasteiger partial charge in [0.25, 0.3) is 0 Å². The van der Waals surface area contributed by atoms with Gasteiger partial charge in [0, 0.05) is 27.6 Å². The highest BCUT2D eigenvalue weighted by molar-refractivity contribution is 7.22. The van der Waals surface area contributed by atoms with E-state index in [0.29, 0.717) is 11.5 Å². The topological polar surface area (TPSA) is 60.7 Å². The Morgan fingerprint density at radius 1 is 0.935 bits per heavy atom. The lowest BCUT2D eigenvalue weighted by Gasteiger charge is -2.14. The van der Waals surface area contributed by atoms with Crippen LogP contribution in [0.5, 0.6) is 11.5 Å². The Morgan fingerprint density at radius 3 is 2.52 bits per heavy atom. The molecule has 0 fully saturated rings. The Labute approximate surface area is 184 Å². The van der Waals surface area contributed by atoms with Crippen molar-refractivity contribution in [2.45, 2.75) is 13.8 Å². The number of methoxy groups -OCH3 is 2. The molecule has 5 rings (SSSR count). The molecule has 1 N–H and O–H groups in total. The first kappa shape index (κ1) is 19.4. The van der Waals surface area contributed by atoms with Gasteiger partial charge in [-0.1, -0.05) is 18.2 Å². The molecule has 0 saturated carbocycles. The van der Waals surface area contributed by atoms with Crippen molar-refractivity contribution in [2.24, 2.45) is 0 Å². The minimum absolute atomic E-state index is 0.663. The zero-order valence-electron chi connectivity index (χ0n) is 17.8. The third-order valence-corrected chi connectivity index (χ3v) is 6.65. The first-order chi connectivity index (χ1) is 15.1. The molecule has 0 radical (unpaired) electrons. The van der Waals surface area contributed by atoms with Crippen LogP contribution in [0.4, 0.5) is 11.5 Å². The number of hydrogen-bond donors (Lipinski definition) is 1. The normalized spacial score (nSPS) is 11.2. The van der Waals surface area contributed by atoms with E-state index in [1.54, 1.807) is 25.6 Å². The van der Waals surface area contributed by atoms with Gasteiger partial charge in [-0.2, -0.15) is 0 Å². The van der Waals surface area contributed by atoms with Crippen LogP contribution in [0.1, 0.15) is 11.1 Å². The Kier molecular flexibility index (Phi) is 4.75. The zero-order chi connectivity index (χ0) is 21.5. The Bertz CT molecular complexity index is 1390. The largest absolute Gasteiger partial charge is 0.493 e. The van der Waals surface area contributed by atoms with Crippen LogP contribution in [0.15, 0.2) is 54.7 Å². The molecule has 0 amide bonds. The number of hydrogen-bond acceptors (Lipinski definition) is 6. The molecule has 6 nitrogen and oxygen atoms in total. The van der Waals surface area contributed by atoms with Crippen molar-refractivity contribution in [3.63, 3.8) is 0 Å². The number of benzene rings is 2. The van der Waals surface area contributed by atoms with Crippen molar-refractivity contribution >= 4 is 38.6 Å². The predicted molar refractivity (Wildman–Crippen MR) is 126 cm³/mol. The van der Waals surface area contributed by atoms with Gasteiger partial charge in [-0.05, 0) is 43.5 Å². The molecule has 2 aromatic carbocycles. The molecule has 0 unspecified atom stereocenters. The lowest BCUT2D eigenvalue weighted by Crippen LogP contribution is -2.05. The second-order valence-corrected chi connectivity index (χ2v) is 8.40. The lowest BCUT2D eigenvalue weighted by atomic mass is 10.2. The van der Waals surface area contributed by atoms with E-state index in [4.69, 9.17) is 14.6 Å². The molecule has 0 aliphatic carbocycles. The van der Waals surface area contributed by atoms with E-state index >= 15 is 0 Å². The quantitative estimate of drug-likeness (QED) is 0.371. The van der Waals surface area contributed by atoms with E-state index in [9.17, 15) is 0 Å². The fourth-order valence-corrected chi connectivity index (χ4v) is 4.73. The third kappa shape index (κ3) is 3.27. The van der Waals surface area contributed by atoms with E-state index in [2.05, 4.69) is 54.5 Å². The van der Waals surface area contributed by atoms with E-state index < -0.39 is 0 Å². The summed E-state index contributed by atoms with van der Waals surface area (Å²) in [5, 5.41) is 9.57. The van der Waals surface area contributed by atoms with Gasteiger partial charge in [-0.3, -0.25) is 0 Å². The molecule has 0 aliphatic rings. The number of nitrogens with zero attached hydrogens (tertiary/aromatic N) is 3. The van der Waals surface area contributed by atoms with E-state index in [0.717, 1.165) is 38.9 Å². The average molecular weight is 431 g/mol. The van der Waals surface area contributed by atoms with E-state index in [-0.39, 0.29) is 0 Å². The van der Waals surface area contributed by atoms with Gasteiger partial charge in [0.1, 0.15) is 5.69 Å². The fourth-order valence-electron chi connectivity index (χ4n) is 3.67. The SMILES string of the molecule is COc1ccc(Nc2nn3c(-c4cc5ccccc5s4)cnc3c(C)c2C)cc1OC. The van der Waals surface area contributed by atoms with Gasteiger partial charge in [0.05, 0.1) is 25.3 Å². The Hall–Kier alpha value is -3.58. The molecule has 0 saturated heterocycles. The van der Waals surface area contributed by atoms with Crippen molar-refractivity contribution in [3.8, 4) is 22.1 Å². The van der Waals surface area contributed by atoms with Crippen LogP contribution in [0.2, 0.25) is 0 Å². The fraction of sp³-hybridized carbons (Fsp3) is 0.167. The molecular weight excluding hydrogens is 408 g/mol. The van der Waals surface area contributed by atoms with Crippen LogP contribution in [0.25, 0.3) is 26.3 Å². The molecule has 156 valence electrons.